The van der Waals surface area contributed by atoms with Gasteiger partial charge < -0.3 is 4.42 Å². The predicted molar refractivity (Wildman–Crippen MR) is 54.5 cm³/mol. The summed E-state index contributed by atoms with van der Waals surface area (Å²) < 4.78 is 43.2. The van der Waals surface area contributed by atoms with Gasteiger partial charge in [-0.25, -0.2) is 0 Å². The standard InChI is InChI=1S/C12H5F3N2O/c13-12(14,15)10-4-7(11-2-1-3-18-11)8(5-16)9(10)6-17/h1-4,10H. The van der Waals surface area contributed by atoms with Crippen LogP contribution >= 0.6 is 0 Å². The molecule has 1 unspecified atom stereocenters. The zero-order valence-electron chi connectivity index (χ0n) is 8.82. The summed E-state index contributed by atoms with van der Waals surface area (Å²) in [5.74, 6) is -1.90. The molecular weight excluding hydrogens is 245 g/mol. The van der Waals surface area contributed by atoms with E-state index in [1.807, 2.05) is 0 Å². The molecular formula is C12H5F3N2O. The molecule has 0 amide bonds. The second kappa shape index (κ2) is 4.08. The van der Waals surface area contributed by atoms with Crippen LogP contribution in [0.15, 0.2) is 40.0 Å². The first-order valence-corrected chi connectivity index (χ1v) is 4.86. The van der Waals surface area contributed by atoms with Crippen LogP contribution in [-0.4, -0.2) is 6.18 Å². The van der Waals surface area contributed by atoms with Crippen LogP contribution in [0.2, 0.25) is 0 Å². The van der Waals surface area contributed by atoms with Crippen LogP contribution in [-0.2, 0) is 0 Å². The van der Waals surface area contributed by atoms with Crippen molar-refractivity contribution >= 4 is 5.57 Å². The number of hydrogen-bond acceptors (Lipinski definition) is 3. The van der Waals surface area contributed by atoms with Gasteiger partial charge in [-0.05, 0) is 12.1 Å². The lowest BCUT2D eigenvalue weighted by molar-refractivity contribution is -0.150. The van der Waals surface area contributed by atoms with Crippen molar-refractivity contribution in [3.05, 3.63) is 41.4 Å². The molecule has 0 spiro atoms. The van der Waals surface area contributed by atoms with Gasteiger partial charge in [0.2, 0.25) is 0 Å². The molecule has 0 fully saturated rings. The van der Waals surface area contributed by atoms with E-state index in [-0.39, 0.29) is 16.9 Å². The fourth-order valence-corrected chi connectivity index (χ4v) is 1.78. The summed E-state index contributed by atoms with van der Waals surface area (Å²) in [7, 11) is 0. The Labute approximate surface area is 100 Å². The van der Waals surface area contributed by atoms with Gasteiger partial charge in [0.15, 0.2) is 0 Å². The molecule has 1 heterocycles. The van der Waals surface area contributed by atoms with Gasteiger partial charge in [-0.2, -0.15) is 23.7 Å². The van der Waals surface area contributed by atoms with E-state index in [1.54, 1.807) is 6.07 Å². The summed E-state index contributed by atoms with van der Waals surface area (Å²) in [5, 5.41) is 17.7. The lowest BCUT2D eigenvalue weighted by atomic mass is 10.0. The second-order valence-corrected chi connectivity index (χ2v) is 3.59. The van der Waals surface area contributed by atoms with Gasteiger partial charge in [-0.15, -0.1) is 0 Å². The Morgan fingerprint density at radius 1 is 1.22 bits per heavy atom. The van der Waals surface area contributed by atoms with Crippen molar-refractivity contribution in [2.45, 2.75) is 6.18 Å². The Hall–Kier alpha value is -2.47. The van der Waals surface area contributed by atoms with E-state index in [0.717, 1.165) is 6.08 Å². The molecule has 1 aromatic rings. The molecule has 18 heavy (non-hydrogen) atoms. The SMILES string of the molecule is N#CC1=C(C#N)C(C(F)(F)F)C=C1c1ccco1. The zero-order chi connectivity index (χ0) is 13.3. The first-order chi connectivity index (χ1) is 8.49. The fraction of sp³-hybridized carbons (Fsp3) is 0.167. The number of halogens is 3. The van der Waals surface area contributed by atoms with Crippen molar-refractivity contribution in [1.29, 1.82) is 10.5 Å². The third-order valence-corrected chi connectivity index (χ3v) is 2.55. The lowest BCUT2D eigenvalue weighted by Gasteiger charge is -2.12. The molecule has 0 saturated carbocycles. The molecule has 1 aliphatic carbocycles. The van der Waals surface area contributed by atoms with Gasteiger partial charge in [0.05, 0.1) is 23.5 Å². The summed E-state index contributed by atoms with van der Waals surface area (Å²) >= 11 is 0. The molecule has 0 radical (unpaired) electrons. The van der Waals surface area contributed by atoms with Crippen LogP contribution in [0.1, 0.15) is 5.76 Å². The van der Waals surface area contributed by atoms with Gasteiger partial charge in [0.25, 0.3) is 0 Å². The highest BCUT2D eigenvalue weighted by atomic mass is 19.4. The van der Waals surface area contributed by atoms with E-state index in [1.165, 1.54) is 24.5 Å². The Kier molecular flexibility index (Phi) is 2.72. The van der Waals surface area contributed by atoms with Crippen LogP contribution in [0.5, 0.6) is 0 Å². The van der Waals surface area contributed by atoms with Gasteiger partial charge >= 0.3 is 6.18 Å². The average molecular weight is 250 g/mol. The highest BCUT2D eigenvalue weighted by Gasteiger charge is 2.46. The molecule has 0 bridgehead atoms. The number of hydrogen-bond donors (Lipinski definition) is 0. The first kappa shape index (κ1) is 12.0. The summed E-state index contributed by atoms with van der Waals surface area (Å²) in [5.41, 5.74) is -0.854. The van der Waals surface area contributed by atoms with Gasteiger partial charge in [0.1, 0.15) is 17.7 Å². The molecule has 1 atom stereocenters. The van der Waals surface area contributed by atoms with Crippen molar-refractivity contribution < 1.29 is 17.6 Å². The summed E-state index contributed by atoms with van der Waals surface area (Å²) in [6.07, 6.45) is -2.46. The van der Waals surface area contributed by atoms with Crippen molar-refractivity contribution in [3.8, 4) is 12.1 Å². The molecule has 1 aromatic heterocycles. The van der Waals surface area contributed by atoms with E-state index in [0.29, 0.717) is 0 Å². The maximum atomic E-state index is 12.8. The largest absolute Gasteiger partial charge is 0.464 e. The zero-order valence-corrected chi connectivity index (χ0v) is 8.82. The third kappa shape index (κ3) is 1.78. The molecule has 0 saturated heterocycles. The topological polar surface area (TPSA) is 60.7 Å². The predicted octanol–water partition coefficient (Wildman–Crippen LogP) is 3.20. The van der Waals surface area contributed by atoms with Crippen LogP contribution in [0.3, 0.4) is 0 Å². The maximum Gasteiger partial charge on any atom is 0.399 e. The van der Waals surface area contributed by atoms with Crippen molar-refractivity contribution in [3.63, 3.8) is 0 Å². The Morgan fingerprint density at radius 2 is 1.94 bits per heavy atom. The van der Waals surface area contributed by atoms with Crippen LogP contribution in [0, 0.1) is 28.6 Å². The smallest absolute Gasteiger partial charge is 0.399 e. The quantitative estimate of drug-likeness (QED) is 0.768. The summed E-state index contributed by atoms with van der Waals surface area (Å²) in [6, 6.07) is 6.03. The minimum Gasteiger partial charge on any atom is -0.464 e. The Balaban J connectivity index is 2.59. The van der Waals surface area contributed by atoms with Gasteiger partial charge in [-0.1, -0.05) is 6.08 Å². The fourth-order valence-electron chi connectivity index (χ4n) is 1.78. The van der Waals surface area contributed by atoms with Gasteiger partial charge in [0, 0.05) is 5.57 Å². The Bertz CT molecular complexity index is 609. The molecule has 2 rings (SSSR count). The monoisotopic (exact) mass is 250 g/mol. The Morgan fingerprint density at radius 3 is 2.39 bits per heavy atom. The molecule has 0 aliphatic heterocycles. The van der Waals surface area contributed by atoms with Crippen molar-refractivity contribution in [2.75, 3.05) is 0 Å². The van der Waals surface area contributed by atoms with E-state index >= 15 is 0 Å². The molecule has 0 aromatic carbocycles. The molecule has 1 aliphatic rings. The van der Waals surface area contributed by atoms with E-state index < -0.39 is 17.7 Å². The molecule has 90 valence electrons. The third-order valence-electron chi connectivity index (χ3n) is 2.55. The molecule has 6 heteroatoms. The number of allylic oxidation sites excluding steroid dienone is 4. The van der Waals surface area contributed by atoms with Crippen LogP contribution < -0.4 is 0 Å². The lowest BCUT2D eigenvalue weighted by Crippen LogP contribution is -2.21. The second-order valence-electron chi connectivity index (χ2n) is 3.59. The van der Waals surface area contributed by atoms with Crippen LogP contribution in [0.25, 0.3) is 5.57 Å². The molecule has 0 N–H and O–H groups in total. The minimum absolute atomic E-state index is 0.0152. The minimum atomic E-state index is -4.60. The van der Waals surface area contributed by atoms with Gasteiger partial charge in [-0.3, -0.25) is 0 Å². The number of furan rings is 1. The highest BCUT2D eigenvalue weighted by molar-refractivity contribution is 5.86. The average Bonchev–Trinajstić information content (AvgIpc) is 2.93. The van der Waals surface area contributed by atoms with E-state index in [2.05, 4.69) is 0 Å². The molecule has 3 nitrogen and oxygen atoms in total. The first-order valence-electron chi connectivity index (χ1n) is 4.86. The maximum absolute atomic E-state index is 12.8. The number of alkyl halides is 3. The normalized spacial score (nSPS) is 19.4. The van der Waals surface area contributed by atoms with Crippen molar-refractivity contribution in [2.24, 2.45) is 5.92 Å². The number of nitrogens with zero attached hydrogens (tertiary/aromatic N) is 2. The van der Waals surface area contributed by atoms with E-state index in [9.17, 15) is 13.2 Å². The summed E-state index contributed by atoms with van der Waals surface area (Å²) in [6.45, 7) is 0. The van der Waals surface area contributed by atoms with Crippen LogP contribution in [0.4, 0.5) is 13.2 Å². The highest BCUT2D eigenvalue weighted by Crippen LogP contribution is 2.44. The summed E-state index contributed by atoms with van der Waals surface area (Å²) in [4.78, 5) is 0. The number of rotatable bonds is 1. The van der Waals surface area contributed by atoms with Crippen molar-refractivity contribution in [1.82, 2.24) is 0 Å². The van der Waals surface area contributed by atoms with E-state index in [4.69, 9.17) is 14.9 Å². The number of nitriles is 2.